The summed E-state index contributed by atoms with van der Waals surface area (Å²) < 4.78 is 6.24. The number of benzene rings is 1. The van der Waals surface area contributed by atoms with Crippen LogP contribution < -0.4 is 5.73 Å². The van der Waals surface area contributed by atoms with Crippen LogP contribution in [0.5, 0.6) is 0 Å². The third-order valence-corrected chi connectivity index (χ3v) is 3.79. The van der Waals surface area contributed by atoms with E-state index in [0.29, 0.717) is 17.0 Å². The van der Waals surface area contributed by atoms with E-state index in [2.05, 4.69) is 27.0 Å². The first-order chi connectivity index (χ1) is 10.2. The van der Waals surface area contributed by atoms with E-state index in [1.165, 1.54) is 0 Å². The summed E-state index contributed by atoms with van der Waals surface area (Å²) >= 11 is 3.50. The number of halogens is 1. The fourth-order valence-corrected chi connectivity index (χ4v) is 2.62. The first-order valence-electron chi connectivity index (χ1n) is 6.20. The lowest BCUT2D eigenvalue weighted by Gasteiger charge is -2.10. The number of nitrogen functional groups attached to an aromatic ring is 1. The maximum atomic E-state index is 9.36. The summed E-state index contributed by atoms with van der Waals surface area (Å²) in [6, 6.07) is 15.2. The number of nitrogens with two attached hydrogens (primary N) is 1. The van der Waals surface area contributed by atoms with Crippen LogP contribution in [0.15, 0.2) is 57.6 Å². The maximum Gasteiger partial charge on any atom is 0.152 e. The molecule has 0 atom stereocenters. The van der Waals surface area contributed by atoms with Crippen molar-refractivity contribution >= 4 is 21.7 Å². The molecule has 0 radical (unpaired) electrons. The zero-order valence-corrected chi connectivity index (χ0v) is 12.5. The second-order valence-electron chi connectivity index (χ2n) is 4.38. The largest absolute Gasteiger partial charge is 0.463 e. The summed E-state index contributed by atoms with van der Waals surface area (Å²) in [4.78, 5) is 4.25. The normalized spacial score (nSPS) is 10.3. The maximum absolute atomic E-state index is 9.36. The molecule has 2 aromatic heterocycles. The Morgan fingerprint density at radius 1 is 1.14 bits per heavy atom. The molecule has 0 saturated carbocycles. The number of hydrogen-bond donors (Lipinski definition) is 1. The molecule has 0 aliphatic rings. The molecule has 5 heteroatoms. The zero-order chi connectivity index (χ0) is 14.8. The van der Waals surface area contributed by atoms with Crippen molar-refractivity contribution < 1.29 is 4.42 Å². The summed E-state index contributed by atoms with van der Waals surface area (Å²) in [6.07, 6.45) is 1.57. The number of nitriles is 1. The Morgan fingerprint density at radius 2 is 1.95 bits per heavy atom. The fourth-order valence-electron chi connectivity index (χ4n) is 2.12. The van der Waals surface area contributed by atoms with E-state index < -0.39 is 0 Å². The molecule has 0 spiro atoms. The van der Waals surface area contributed by atoms with Gasteiger partial charge in [-0.1, -0.05) is 34.1 Å². The Hall–Kier alpha value is -2.58. The van der Waals surface area contributed by atoms with Gasteiger partial charge in [-0.2, -0.15) is 5.26 Å². The van der Waals surface area contributed by atoms with Crippen LogP contribution in [0, 0.1) is 11.3 Å². The molecule has 4 nitrogen and oxygen atoms in total. The molecular weight excluding hydrogens is 330 g/mol. The number of anilines is 1. The first kappa shape index (κ1) is 13.4. The number of nitrogens with zero attached hydrogens (tertiary/aromatic N) is 2. The lowest BCUT2D eigenvalue weighted by molar-refractivity contribution is 0.580. The second kappa shape index (κ2) is 5.43. The van der Waals surface area contributed by atoms with E-state index in [4.69, 9.17) is 10.2 Å². The zero-order valence-electron chi connectivity index (χ0n) is 10.9. The van der Waals surface area contributed by atoms with Gasteiger partial charge in [0.2, 0.25) is 0 Å². The van der Waals surface area contributed by atoms with Crippen molar-refractivity contribution in [1.29, 1.82) is 5.26 Å². The predicted molar refractivity (Wildman–Crippen MR) is 84.2 cm³/mol. The van der Waals surface area contributed by atoms with Gasteiger partial charge in [-0.25, -0.2) is 4.98 Å². The van der Waals surface area contributed by atoms with Gasteiger partial charge in [0.15, 0.2) is 5.76 Å². The van der Waals surface area contributed by atoms with Gasteiger partial charge >= 0.3 is 0 Å². The van der Waals surface area contributed by atoms with Crippen LogP contribution in [0.25, 0.3) is 22.6 Å². The Bertz CT molecular complexity index is 835. The fraction of sp³-hybridized carbons (Fsp3) is 0. The molecule has 0 aliphatic heterocycles. The van der Waals surface area contributed by atoms with Gasteiger partial charge in [0, 0.05) is 10.0 Å². The molecule has 21 heavy (non-hydrogen) atoms. The molecule has 102 valence electrons. The van der Waals surface area contributed by atoms with Crippen LogP contribution in [0.3, 0.4) is 0 Å². The molecule has 0 aliphatic carbocycles. The van der Waals surface area contributed by atoms with Crippen LogP contribution in [0.2, 0.25) is 0 Å². The van der Waals surface area contributed by atoms with Crippen molar-refractivity contribution in [3.8, 4) is 28.7 Å². The molecule has 0 fully saturated rings. The van der Waals surface area contributed by atoms with Crippen LogP contribution in [0.1, 0.15) is 5.56 Å². The van der Waals surface area contributed by atoms with Gasteiger partial charge in [0.25, 0.3) is 0 Å². The van der Waals surface area contributed by atoms with Gasteiger partial charge < -0.3 is 10.2 Å². The van der Waals surface area contributed by atoms with E-state index in [-0.39, 0.29) is 5.82 Å². The van der Waals surface area contributed by atoms with Crippen LogP contribution in [-0.4, -0.2) is 4.98 Å². The molecule has 3 rings (SSSR count). The standard InChI is InChI=1S/C16H10BrN3O/c17-13-5-2-1-4-10(13)11-8-14(15-6-3-7-21-15)20-16(19)12(11)9-18/h1-8H,(H2,19,20). The van der Waals surface area contributed by atoms with Gasteiger partial charge in [-0.05, 0) is 29.8 Å². The summed E-state index contributed by atoms with van der Waals surface area (Å²) in [5.41, 5.74) is 8.50. The van der Waals surface area contributed by atoms with E-state index in [1.807, 2.05) is 30.3 Å². The summed E-state index contributed by atoms with van der Waals surface area (Å²) in [5.74, 6) is 0.802. The Balaban J connectivity index is 2.29. The number of pyridine rings is 1. The monoisotopic (exact) mass is 339 g/mol. The van der Waals surface area contributed by atoms with Crippen molar-refractivity contribution in [2.45, 2.75) is 0 Å². The minimum absolute atomic E-state index is 0.192. The molecule has 0 unspecified atom stereocenters. The smallest absolute Gasteiger partial charge is 0.152 e. The van der Waals surface area contributed by atoms with Crippen molar-refractivity contribution in [2.75, 3.05) is 5.73 Å². The molecular formula is C16H10BrN3O. The second-order valence-corrected chi connectivity index (χ2v) is 5.24. The van der Waals surface area contributed by atoms with E-state index in [9.17, 15) is 5.26 Å². The molecule has 2 heterocycles. The summed E-state index contributed by atoms with van der Waals surface area (Å²) in [7, 11) is 0. The van der Waals surface area contributed by atoms with Crippen molar-refractivity contribution in [1.82, 2.24) is 4.98 Å². The predicted octanol–water partition coefficient (Wildman–Crippen LogP) is 4.22. The van der Waals surface area contributed by atoms with E-state index >= 15 is 0 Å². The highest BCUT2D eigenvalue weighted by Gasteiger charge is 2.15. The van der Waals surface area contributed by atoms with Gasteiger partial charge in [-0.3, -0.25) is 0 Å². The summed E-state index contributed by atoms with van der Waals surface area (Å²) in [5, 5.41) is 9.36. The molecule has 0 amide bonds. The highest BCUT2D eigenvalue weighted by atomic mass is 79.9. The van der Waals surface area contributed by atoms with Crippen molar-refractivity contribution in [2.24, 2.45) is 0 Å². The SMILES string of the molecule is N#Cc1c(-c2ccccc2Br)cc(-c2ccco2)nc1N. The van der Waals surface area contributed by atoms with Crippen LogP contribution in [0.4, 0.5) is 5.82 Å². The van der Waals surface area contributed by atoms with Gasteiger partial charge in [0.1, 0.15) is 23.1 Å². The third kappa shape index (κ3) is 2.41. The lowest BCUT2D eigenvalue weighted by Crippen LogP contribution is -1.99. The molecule has 0 saturated heterocycles. The average molecular weight is 340 g/mol. The van der Waals surface area contributed by atoms with Gasteiger partial charge in [-0.15, -0.1) is 0 Å². The van der Waals surface area contributed by atoms with Crippen molar-refractivity contribution in [3.05, 3.63) is 58.8 Å². The number of furan rings is 1. The van der Waals surface area contributed by atoms with E-state index in [1.54, 1.807) is 18.4 Å². The number of rotatable bonds is 2. The van der Waals surface area contributed by atoms with Crippen LogP contribution in [-0.2, 0) is 0 Å². The topological polar surface area (TPSA) is 75.8 Å². The number of hydrogen-bond acceptors (Lipinski definition) is 4. The van der Waals surface area contributed by atoms with Crippen LogP contribution >= 0.6 is 15.9 Å². The number of aromatic nitrogens is 1. The third-order valence-electron chi connectivity index (χ3n) is 3.10. The molecule has 3 aromatic rings. The summed E-state index contributed by atoms with van der Waals surface area (Å²) in [6.45, 7) is 0. The highest BCUT2D eigenvalue weighted by molar-refractivity contribution is 9.10. The minimum Gasteiger partial charge on any atom is -0.463 e. The van der Waals surface area contributed by atoms with Gasteiger partial charge in [0.05, 0.1) is 6.26 Å². The Labute approximate surface area is 130 Å². The lowest BCUT2D eigenvalue weighted by atomic mass is 10.00. The first-order valence-corrected chi connectivity index (χ1v) is 6.99. The molecule has 2 N–H and O–H groups in total. The highest BCUT2D eigenvalue weighted by Crippen LogP contribution is 2.35. The van der Waals surface area contributed by atoms with Crippen molar-refractivity contribution in [3.63, 3.8) is 0 Å². The van der Waals surface area contributed by atoms with E-state index in [0.717, 1.165) is 15.6 Å². The molecule has 0 bridgehead atoms. The quantitative estimate of drug-likeness (QED) is 0.758. The Kier molecular flexibility index (Phi) is 3.46. The minimum atomic E-state index is 0.192. The molecule has 1 aromatic carbocycles. The average Bonchev–Trinajstić information content (AvgIpc) is 3.01. The Morgan fingerprint density at radius 3 is 2.62 bits per heavy atom.